The normalized spacial score (nSPS) is 17.6. The van der Waals surface area contributed by atoms with Gasteiger partial charge in [0.15, 0.2) is 5.69 Å². The van der Waals surface area contributed by atoms with E-state index in [1.54, 1.807) is 6.20 Å². The fourth-order valence-electron chi connectivity index (χ4n) is 3.71. The van der Waals surface area contributed by atoms with Gasteiger partial charge in [0, 0.05) is 23.6 Å². The van der Waals surface area contributed by atoms with Crippen LogP contribution in [0.4, 0.5) is 0 Å². The van der Waals surface area contributed by atoms with Crippen molar-refractivity contribution in [2.75, 3.05) is 13.2 Å². The highest BCUT2D eigenvalue weighted by Crippen LogP contribution is 2.39. The lowest BCUT2D eigenvalue weighted by Gasteiger charge is -2.23. The molecule has 2 aromatic heterocycles. The van der Waals surface area contributed by atoms with Crippen LogP contribution in [0.5, 0.6) is 0 Å². The van der Waals surface area contributed by atoms with Gasteiger partial charge in [-0.15, -0.1) is 0 Å². The lowest BCUT2D eigenvalue weighted by molar-refractivity contribution is 0.00622. The highest BCUT2D eigenvalue weighted by Gasteiger charge is 2.28. The SMILES string of the molecule is CCOCC1CCCc2[nH]c3cnc(C(=O)OC(C)(C)C)c(C)c3c21. The molecule has 0 aromatic carbocycles. The van der Waals surface area contributed by atoms with Crippen LogP contribution in [-0.4, -0.2) is 34.8 Å². The molecular weight excluding hydrogens is 316 g/mol. The summed E-state index contributed by atoms with van der Waals surface area (Å²) in [5, 5.41) is 1.12. The van der Waals surface area contributed by atoms with Crippen molar-refractivity contribution in [1.29, 1.82) is 0 Å². The van der Waals surface area contributed by atoms with Crippen LogP contribution in [0.25, 0.3) is 10.9 Å². The van der Waals surface area contributed by atoms with E-state index in [1.807, 2.05) is 34.6 Å². The van der Waals surface area contributed by atoms with Gasteiger partial charge >= 0.3 is 5.97 Å². The second-order valence-electron chi connectivity index (χ2n) is 7.79. The zero-order valence-electron chi connectivity index (χ0n) is 15.9. The number of nitrogens with one attached hydrogen (secondary N) is 1. The molecule has 1 unspecified atom stereocenters. The summed E-state index contributed by atoms with van der Waals surface area (Å²) in [5.41, 5.74) is 4.34. The maximum Gasteiger partial charge on any atom is 0.357 e. The summed E-state index contributed by atoms with van der Waals surface area (Å²) < 4.78 is 11.2. The summed E-state index contributed by atoms with van der Waals surface area (Å²) in [4.78, 5) is 20.4. The van der Waals surface area contributed by atoms with Crippen molar-refractivity contribution >= 4 is 16.9 Å². The molecule has 0 radical (unpaired) electrons. The molecule has 0 aliphatic heterocycles. The number of fused-ring (bicyclic) bond motifs is 3. The third kappa shape index (κ3) is 3.56. The predicted molar refractivity (Wildman–Crippen MR) is 98.2 cm³/mol. The molecule has 0 bridgehead atoms. The summed E-state index contributed by atoms with van der Waals surface area (Å²) in [7, 11) is 0. The van der Waals surface area contributed by atoms with Crippen LogP contribution >= 0.6 is 0 Å². The molecule has 2 heterocycles. The number of aromatic amines is 1. The van der Waals surface area contributed by atoms with Crippen LogP contribution in [0.15, 0.2) is 6.20 Å². The average molecular weight is 344 g/mol. The number of carbonyl (C=O) groups excluding carboxylic acids is 1. The third-order valence-electron chi connectivity index (χ3n) is 4.71. The van der Waals surface area contributed by atoms with Gasteiger partial charge in [0.25, 0.3) is 0 Å². The highest BCUT2D eigenvalue weighted by molar-refractivity contribution is 5.97. The molecule has 2 aromatic rings. The van der Waals surface area contributed by atoms with E-state index in [1.165, 1.54) is 11.3 Å². The number of hydrogen-bond acceptors (Lipinski definition) is 4. The molecule has 0 spiro atoms. The van der Waals surface area contributed by atoms with Gasteiger partial charge in [-0.2, -0.15) is 0 Å². The van der Waals surface area contributed by atoms with Gasteiger partial charge in [-0.05, 0) is 65.0 Å². The monoisotopic (exact) mass is 344 g/mol. The number of pyridine rings is 1. The Morgan fingerprint density at radius 3 is 2.84 bits per heavy atom. The number of carbonyl (C=O) groups is 1. The molecule has 0 saturated carbocycles. The molecule has 1 N–H and O–H groups in total. The number of rotatable bonds is 4. The van der Waals surface area contributed by atoms with E-state index in [0.717, 1.165) is 48.9 Å². The standard InChI is InChI=1S/C20H28N2O3/c1-6-24-11-13-8-7-9-14-17(13)16-12(2)18(21-10-15(16)22-14)19(23)25-20(3,4)5/h10,13,22H,6-9,11H2,1-5H3. The zero-order valence-corrected chi connectivity index (χ0v) is 15.9. The van der Waals surface area contributed by atoms with Gasteiger partial charge in [0.2, 0.25) is 0 Å². The Bertz CT molecular complexity index is 786. The minimum absolute atomic E-state index is 0.362. The molecule has 25 heavy (non-hydrogen) atoms. The number of ether oxygens (including phenoxy) is 2. The largest absolute Gasteiger partial charge is 0.455 e. The maximum absolute atomic E-state index is 12.5. The van der Waals surface area contributed by atoms with Gasteiger partial charge in [0.05, 0.1) is 18.3 Å². The van der Waals surface area contributed by atoms with Crippen molar-refractivity contribution in [2.24, 2.45) is 0 Å². The fraction of sp³-hybridized carbons (Fsp3) is 0.600. The zero-order chi connectivity index (χ0) is 18.2. The second kappa shape index (κ2) is 6.79. The van der Waals surface area contributed by atoms with Gasteiger partial charge in [-0.1, -0.05) is 0 Å². The Morgan fingerprint density at radius 1 is 1.40 bits per heavy atom. The van der Waals surface area contributed by atoms with E-state index in [-0.39, 0.29) is 5.97 Å². The van der Waals surface area contributed by atoms with Crippen molar-refractivity contribution in [3.63, 3.8) is 0 Å². The lowest BCUT2D eigenvalue weighted by atomic mass is 9.84. The molecule has 5 heteroatoms. The molecule has 1 aliphatic carbocycles. The van der Waals surface area contributed by atoms with Crippen LogP contribution < -0.4 is 0 Å². The molecule has 1 atom stereocenters. The van der Waals surface area contributed by atoms with E-state index in [4.69, 9.17) is 9.47 Å². The minimum atomic E-state index is -0.533. The quantitative estimate of drug-likeness (QED) is 0.841. The summed E-state index contributed by atoms with van der Waals surface area (Å²) >= 11 is 0. The van der Waals surface area contributed by atoms with E-state index < -0.39 is 5.60 Å². The summed E-state index contributed by atoms with van der Waals surface area (Å²) in [6.45, 7) is 11.0. The van der Waals surface area contributed by atoms with E-state index in [0.29, 0.717) is 11.6 Å². The molecule has 5 nitrogen and oxygen atoms in total. The van der Waals surface area contributed by atoms with Crippen LogP contribution in [0.2, 0.25) is 0 Å². The van der Waals surface area contributed by atoms with Crippen molar-refractivity contribution < 1.29 is 14.3 Å². The number of esters is 1. The van der Waals surface area contributed by atoms with Crippen LogP contribution in [0, 0.1) is 6.92 Å². The number of aromatic nitrogens is 2. The number of H-pyrrole nitrogens is 1. The number of nitrogens with zero attached hydrogens (tertiary/aromatic N) is 1. The highest BCUT2D eigenvalue weighted by atomic mass is 16.6. The van der Waals surface area contributed by atoms with Gasteiger partial charge in [0.1, 0.15) is 5.60 Å². The van der Waals surface area contributed by atoms with Crippen molar-refractivity contribution in [3.8, 4) is 0 Å². The van der Waals surface area contributed by atoms with Gasteiger partial charge in [-0.3, -0.25) is 0 Å². The summed E-state index contributed by atoms with van der Waals surface area (Å²) in [5.74, 6) is 0.00375. The average Bonchev–Trinajstić information content (AvgIpc) is 2.91. The van der Waals surface area contributed by atoms with Gasteiger partial charge in [-0.25, -0.2) is 9.78 Å². The maximum atomic E-state index is 12.5. The Kier molecular flexibility index (Phi) is 4.87. The van der Waals surface area contributed by atoms with E-state index in [9.17, 15) is 4.79 Å². The van der Waals surface area contributed by atoms with Crippen molar-refractivity contribution in [3.05, 3.63) is 28.7 Å². The molecule has 0 amide bonds. The van der Waals surface area contributed by atoms with Crippen molar-refractivity contribution in [1.82, 2.24) is 9.97 Å². The van der Waals surface area contributed by atoms with Crippen LogP contribution in [-0.2, 0) is 15.9 Å². The molecular formula is C20H28N2O3. The first-order valence-electron chi connectivity index (χ1n) is 9.13. The molecule has 3 rings (SSSR count). The van der Waals surface area contributed by atoms with Crippen LogP contribution in [0.3, 0.4) is 0 Å². The Hall–Kier alpha value is -1.88. The Labute approximate surface area is 149 Å². The lowest BCUT2D eigenvalue weighted by Crippen LogP contribution is -2.25. The van der Waals surface area contributed by atoms with E-state index in [2.05, 4.69) is 9.97 Å². The minimum Gasteiger partial charge on any atom is -0.455 e. The third-order valence-corrected chi connectivity index (χ3v) is 4.71. The first kappa shape index (κ1) is 17.9. The topological polar surface area (TPSA) is 64.2 Å². The molecule has 136 valence electrons. The van der Waals surface area contributed by atoms with Crippen molar-refractivity contribution in [2.45, 2.75) is 65.4 Å². The molecule has 1 aliphatic rings. The van der Waals surface area contributed by atoms with Crippen LogP contribution in [0.1, 0.15) is 73.8 Å². The Balaban J connectivity index is 2.07. The Morgan fingerprint density at radius 2 is 2.16 bits per heavy atom. The molecule has 0 saturated heterocycles. The number of aryl methyl sites for hydroxylation is 2. The first-order chi connectivity index (χ1) is 11.8. The fourth-order valence-corrected chi connectivity index (χ4v) is 3.71. The second-order valence-corrected chi connectivity index (χ2v) is 7.79. The number of hydrogen-bond donors (Lipinski definition) is 1. The summed E-state index contributed by atoms with van der Waals surface area (Å²) in [6.07, 6.45) is 5.07. The van der Waals surface area contributed by atoms with Gasteiger partial charge < -0.3 is 14.5 Å². The predicted octanol–water partition coefficient (Wildman–Crippen LogP) is 4.28. The molecule has 0 fully saturated rings. The summed E-state index contributed by atoms with van der Waals surface area (Å²) in [6, 6.07) is 0. The first-order valence-corrected chi connectivity index (χ1v) is 9.13. The van der Waals surface area contributed by atoms with E-state index >= 15 is 0 Å². The smallest absolute Gasteiger partial charge is 0.357 e.